The Morgan fingerprint density at radius 3 is 1.97 bits per heavy atom. The predicted molar refractivity (Wildman–Crippen MR) is 97.1 cm³/mol. The SMILES string of the molecule is CC(O)(COc1ccc(C#N)cc1C(F)(F)F)C(=O)Nc1ccc(C#N)cc1C(F)(F)F. The van der Waals surface area contributed by atoms with Gasteiger partial charge in [-0.05, 0) is 43.3 Å². The maximum absolute atomic E-state index is 13.2. The van der Waals surface area contributed by atoms with Gasteiger partial charge in [-0.3, -0.25) is 4.79 Å². The minimum Gasteiger partial charge on any atom is -0.489 e. The molecule has 0 aromatic heterocycles. The van der Waals surface area contributed by atoms with Gasteiger partial charge in [0.2, 0.25) is 0 Å². The molecule has 0 aliphatic carbocycles. The van der Waals surface area contributed by atoms with E-state index in [1.165, 1.54) is 12.1 Å². The number of anilines is 1. The van der Waals surface area contributed by atoms with Crippen molar-refractivity contribution in [3.63, 3.8) is 0 Å². The summed E-state index contributed by atoms with van der Waals surface area (Å²) in [6.45, 7) is -0.221. The Labute approximate surface area is 177 Å². The van der Waals surface area contributed by atoms with Crippen molar-refractivity contribution in [1.82, 2.24) is 0 Å². The third kappa shape index (κ3) is 5.68. The summed E-state index contributed by atoms with van der Waals surface area (Å²) in [6, 6.07) is 7.70. The molecule has 2 aromatic rings. The van der Waals surface area contributed by atoms with Crippen molar-refractivity contribution in [2.75, 3.05) is 11.9 Å². The topological polar surface area (TPSA) is 106 Å². The van der Waals surface area contributed by atoms with Gasteiger partial charge in [-0.25, -0.2) is 0 Å². The lowest BCUT2D eigenvalue weighted by Crippen LogP contribution is -2.45. The van der Waals surface area contributed by atoms with Crippen LogP contribution in [-0.4, -0.2) is 23.2 Å². The monoisotopic (exact) mass is 457 g/mol. The fourth-order valence-corrected chi connectivity index (χ4v) is 2.45. The summed E-state index contributed by atoms with van der Waals surface area (Å²) in [7, 11) is 0. The average Bonchev–Trinajstić information content (AvgIpc) is 2.70. The first-order valence-corrected chi connectivity index (χ1v) is 8.58. The molecule has 0 heterocycles. The highest BCUT2D eigenvalue weighted by molar-refractivity contribution is 5.97. The quantitative estimate of drug-likeness (QED) is 0.654. The molecule has 1 atom stereocenters. The van der Waals surface area contributed by atoms with Gasteiger partial charge in [-0.15, -0.1) is 0 Å². The van der Waals surface area contributed by atoms with Crippen molar-refractivity contribution >= 4 is 11.6 Å². The molecule has 0 spiro atoms. The first-order valence-electron chi connectivity index (χ1n) is 8.58. The Bertz CT molecular complexity index is 1110. The normalized spacial score (nSPS) is 13.4. The standard InChI is InChI=1S/C20H13F6N3O3/c1-18(31,10-32-16-5-3-12(9-28)7-14(16)20(24,25)26)17(30)29-15-4-2-11(8-27)6-13(15)19(21,22)23/h2-7,31H,10H2,1H3,(H,29,30). The van der Waals surface area contributed by atoms with Crippen LogP contribution >= 0.6 is 0 Å². The summed E-state index contributed by atoms with van der Waals surface area (Å²) in [5.41, 5.74) is -6.64. The number of hydrogen-bond acceptors (Lipinski definition) is 5. The van der Waals surface area contributed by atoms with Gasteiger partial charge in [-0.2, -0.15) is 36.9 Å². The van der Waals surface area contributed by atoms with Gasteiger partial charge >= 0.3 is 12.4 Å². The van der Waals surface area contributed by atoms with Crippen LogP contribution in [0.25, 0.3) is 0 Å². The van der Waals surface area contributed by atoms with Crippen LogP contribution in [0.1, 0.15) is 29.2 Å². The number of carbonyl (C=O) groups is 1. The molecule has 1 amide bonds. The average molecular weight is 457 g/mol. The number of amides is 1. The maximum atomic E-state index is 13.2. The molecule has 0 aliphatic rings. The Hall–Kier alpha value is -3.77. The van der Waals surface area contributed by atoms with Crippen LogP contribution < -0.4 is 10.1 Å². The molecule has 1 unspecified atom stereocenters. The van der Waals surface area contributed by atoms with Gasteiger partial charge in [0.25, 0.3) is 5.91 Å². The Morgan fingerprint density at radius 1 is 0.969 bits per heavy atom. The van der Waals surface area contributed by atoms with Crippen LogP contribution in [0.2, 0.25) is 0 Å². The second-order valence-electron chi connectivity index (χ2n) is 6.71. The van der Waals surface area contributed by atoms with Crippen molar-refractivity contribution in [2.24, 2.45) is 0 Å². The number of rotatable bonds is 5. The number of aliphatic hydroxyl groups is 1. The van der Waals surface area contributed by atoms with E-state index in [9.17, 15) is 36.2 Å². The molecule has 12 heteroatoms. The van der Waals surface area contributed by atoms with E-state index in [1.54, 1.807) is 0 Å². The minimum atomic E-state index is -4.94. The molecule has 0 saturated carbocycles. The van der Waals surface area contributed by atoms with E-state index >= 15 is 0 Å². The second-order valence-corrected chi connectivity index (χ2v) is 6.71. The highest BCUT2D eigenvalue weighted by Gasteiger charge is 2.39. The Kier molecular flexibility index (Phi) is 6.71. The maximum Gasteiger partial charge on any atom is 0.420 e. The molecule has 6 nitrogen and oxygen atoms in total. The number of nitriles is 2. The third-order valence-corrected chi connectivity index (χ3v) is 4.11. The van der Waals surface area contributed by atoms with Crippen LogP contribution in [0, 0.1) is 22.7 Å². The lowest BCUT2D eigenvalue weighted by molar-refractivity contribution is -0.140. The number of ether oxygens (including phenoxy) is 1. The molecule has 0 fully saturated rings. The number of nitrogens with one attached hydrogen (secondary N) is 1. The second kappa shape index (κ2) is 8.77. The Balaban J connectivity index is 2.26. The zero-order valence-electron chi connectivity index (χ0n) is 16.1. The largest absolute Gasteiger partial charge is 0.489 e. The molecule has 32 heavy (non-hydrogen) atoms. The van der Waals surface area contributed by atoms with E-state index in [2.05, 4.69) is 0 Å². The lowest BCUT2D eigenvalue weighted by Gasteiger charge is -2.24. The lowest BCUT2D eigenvalue weighted by atomic mass is 10.0. The number of halogens is 6. The fourth-order valence-electron chi connectivity index (χ4n) is 2.45. The van der Waals surface area contributed by atoms with Crippen LogP contribution in [0.5, 0.6) is 5.75 Å². The molecule has 0 saturated heterocycles. The van der Waals surface area contributed by atoms with E-state index in [0.29, 0.717) is 12.1 Å². The van der Waals surface area contributed by atoms with Gasteiger partial charge < -0.3 is 15.2 Å². The van der Waals surface area contributed by atoms with Gasteiger partial charge in [0, 0.05) is 0 Å². The minimum absolute atomic E-state index is 0.310. The zero-order chi connectivity index (χ0) is 24.3. The number of alkyl halides is 6. The molecular formula is C20H13F6N3O3. The first-order chi connectivity index (χ1) is 14.7. The van der Waals surface area contributed by atoms with E-state index in [0.717, 1.165) is 31.2 Å². The van der Waals surface area contributed by atoms with Crippen LogP contribution in [-0.2, 0) is 17.1 Å². The molecule has 2 aromatic carbocycles. The number of hydrogen-bond donors (Lipinski definition) is 2. The highest BCUT2D eigenvalue weighted by atomic mass is 19.4. The van der Waals surface area contributed by atoms with E-state index < -0.39 is 53.0 Å². The van der Waals surface area contributed by atoms with E-state index in [-0.39, 0.29) is 11.1 Å². The summed E-state index contributed by atoms with van der Waals surface area (Å²) in [5, 5.41) is 29.7. The summed E-state index contributed by atoms with van der Waals surface area (Å²) in [5.74, 6) is -2.19. The van der Waals surface area contributed by atoms with Crippen molar-refractivity contribution in [2.45, 2.75) is 24.9 Å². The molecule has 0 bridgehead atoms. The zero-order valence-corrected chi connectivity index (χ0v) is 16.1. The number of carbonyl (C=O) groups excluding carboxylic acids is 1. The summed E-state index contributed by atoms with van der Waals surface area (Å²) in [6.07, 6.45) is -9.86. The fraction of sp³-hybridized carbons (Fsp3) is 0.250. The molecule has 2 rings (SSSR count). The predicted octanol–water partition coefficient (Wildman–Crippen LogP) is 4.24. The number of nitrogens with zero attached hydrogens (tertiary/aromatic N) is 2. The molecular weight excluding hydrogens is 444 g/mol. The van der Waals surface area contributed by atoms with Gasteiger partial charge in [0.15, 0.2) is 5.60 Å². The number of benzene rings is 2. The molecule has 0 aliphatic heterocycles. The third-order valence-electron chi connectivity index (χ3n) is 4.11. The van der Waals surface area contributed by atoms with Crippen LogP contribution in [0.4, 0.5) is 32.0 Å². The van der Waals surface area contributed by atoms with Gasteiger partial charge in [0.05, 0.1) is 40.1 Å². The van der Waals surface area contributed by atoms with Crippen molar-refractivity contribution in [1.29, 1.82) is 10.5 Å². The first kappa shape index (κ1) is 24.5. The van der Waals surface area contributed by atoms with Crippen LogP contribution in [0.15, 0.2) is 36.4 Å². The smallest absolute Gasteiger partial charge is 0.420 e. The molecule has 168 valence electrons. The molecule has 2 N–H and O–H groups in total. The Morgan fingerprint density at radius 2 is 1.47 bits per heavy atom. The van der Waals surface area contributed by atoms with Crippen molar-refractivity contribution in [3.05, 3.63) is 58.7 Å². The van der Waals surface area contributed by atoms with Crippen LogP contribution in [0.3, 0.4) is 0 Å². The van der Waals surface area contributed by atoms with Crippen molar-refractivity contribution < 1.29 is 41.0 Å². The van der Waals surface area contributed by atoms with Crippen molar-refractivity contribution in [3.8, 4) is 17.9 Å². The summed E-state index contributed by atoms with van der Waals surface area (Å²) in [4.78, 5) is 12.3. The van der Waals surface area contributed by atoms with E-state index in [4.69, 9.17) is 15.3 Å². The highest BCUT2D eigenvalue weighted by Crippen LogP contribution is 2.38. The summed E-state index contributed by atoms with van der Waals surface area (Å²) < 4.78 is 84.1. The van der Waals surface area contributed by atoms with Gasteiger partial charge in [-0.1, -0.05) is 0 Å². The van der Waals surface area contributed by atoms with Gasteiger partial charge in [0.1, 0.15) is 12.4 Å². The summed E-state index contributed by atoms with van der Waals surface area (Å²) >= 11 is 0. The molecule has 0 radical (unpaired) electrons. The van der Waals surface area contributed by atoms with E-state index in [1.807, 2.05) is 5.32 Å².